The molecule has 0 aromatic heterocycles. The van der Waals surface area contributed by atoms with Gasteiger partial charge in [0.2, 0.25) is 0 Å². The third-order valence-electron chi connectivity index (χ3n) is 4.90. The van der Waals surface area contributed by atoms with Crippen molar-refractivity contribution in [3.63, 3.8) is 0 Å². The SMILES string of the molecule is CCOc1ccc(NC(CC(=O)c2ccc(OC)cc2)c2ccc(OCC)cc2)cc1. The lowest BCUT2D eigenvalue weighted by Gasteiger charge is -2.21. The summed E-state index contributed by atoms with van der Waals surface area (Å²) in [5.74, 6) is 2.42. The number of hydrogen-bond donors (Lipinski definition) is 1. The fourth-order valence-electron chi connectivity index (χ4n) is 3.31. The van der Waals surface area contributed by atoms with Crippen molar-refractivity contribution in [1.29, 1.82) is 0 Å². The molecule has 0 amide bonds. The first-order valence-corrected chi connectivity index (χ1v) is 10.5. The van der Waals surface area contributed by atoms with Crippen molar-refractivity contribution in [1.82, 2.24) is 0 Å². The highest BCUT2D eigenvalue weighted by Gasteiger charge is 2.18. The van der Waals surface area contributed by atoms with Crippen molar-refractivity contribution >= 4 is 11.5 Å². The Balaban J connectivity index is 1.81. The molecule has 3 rings (SSSR count). The van der Waals surface area contributed by atoms with Gasteiger partial charge in [0.15, 0.2) is 5.78 Å². The van der Waals surface area contributed by atoms with Gasteiger partial charge in [0.05, 0.1) is 26.4 Å². The van der Waals surface area contributed by atoms with Crippen LogP contribution in [0.5, 0.6) is 17.2 Å². The first kappa shape index (κ1) is 22.2. The van der Waals surface area contributed by atoms with E-state index in [0.717, 1.165) is 28.5 Å². The van der Waals surface area contributed by atoms with Crippen LogP contribution >= 0.6 is 0 Å². The van der Waals surface area contributed by atoms with Crippen molar-refractivity contribution < 1.29 is 19.0 Å². The molecule has 31 heavy (non-hydrogen) atoms. The summed E-state index contributed by atoms with van der Waals surface area (Å²) in [6.07, 6.45) is 0.313. The van der Waals surface area contributed by atoms with Crippen LogP contribution in [-0.4, -0.2) is 26.1 Å². The summed E-state index contributed by atoms with van der Waals surface area (Å²) in [5, 5.41) is 3.50. The molecule has 0 fully saturated rings. The van der Waals surface area contributed by atoms with E-state index in [1.807, 2.05) is 62.4 Å². The maximum Gasteiger partial charge on any atom is 0.165 e. The van der Waals surface area contributed by atoms with E-state index >= 15 is 0 Å². The zero-order chi connectivity index (χ0) is 22.1. The second-order valence-corrected chi connectivity index (χ2v) is 7.01. The molecule has 0 spiro atoms. The van der Waals surface area contributed by atoms with Crippen molar-refractivity contribution in [3.05, 3.63) is 83.9 Å². The summed E-state index contributed by atoms with van der Waals surface area (Å²) in [4.78, 5) is 13.0. The van der Waals surface area contributed by atoms with E-state index in [1.54, 1.807) is 31.4 Å². The van der Waals surface area contributed by atoms with E-state index in [0.29, 0.717) is 25.2 Å². The van der Waals surface area contributed by atoms with Crippen molar-refractivity contribution in [3.8, 4) is 17.2 Å². The number of Topliss-reactive ketones (excluding diaryl/α,β-unsaturated/α-hetero) is 1. The van der Waals surface area contributed by atoms with Crippen LogP contribution in [0.1, 0.15) is 42.2 Å². The highest BCUT2D eigenvalue weighted by atomic mass is 16.5. The Morgan fingerprint density at radius 2 is 1.29 bits per heavy atom. The molecule has 1 atom stereocenters. The Kier molecular flexibility index (Phi) is 7.93. The van der Waals surface area contributed by atoms with Gasteiger partial charge in [-0.05, 0) is 80.1 Å². The van der Waals surface area contributed by atoms with Gasteiger partial charge in [-0.3, -0.25) is 4.79 Å². The number of nitrogens with one attached hydrogen (secondary N) is 1. The van der Waals surface area contributed by atoms with Gasteiger partial charge >= 0.3 is 0 Å². The standard InChI is InChI=1S/C26H29NO4/c1-4-30-23-14-6-19(7-15-23)25(27-21-10-16-24(17-11-21)31-5-2)18-26(28)20-8-12-22(29-3)13-9-20/h6-17,25,27H,4-5,18H2,1-3H3. The molecular weight excluding hydrogens is 390 g/mol. The maximum absolute atomic E-state index is 13.0. The summed E-state index contributed by atoms with van der Waals surface area (Å²) in [7, 11) is 1.61. The monoisotopic (exact) mass is 419 g/mol. The molecule has 0 saturated heterocycles. The van der Waals surface area contributed by atoms with E-state index < -0.39 is 0 Å². The molecule has 0 saturated carbocycles. The summed E-state index contributed by atoms with van der Waals surface area (Å²) in [5.41, 5.74) is 2.59. The predicted molar refractivity (Wildman–Crippen MR) is 124 cm³/mol. The van der Waals surface area contributed by atoms with Gasteiger partial charge in [-0.25, -0.2) is 0 Å². The average molecular weight is 420 g/mol. The van der Waals surface area contributed by atoms with Gasteiger partial charge < -0.3 is 19.5 Å². The van der Waals surface area contributed by atoms with Gasteiger partial charge in [0, 0.05) is 17.7 Å². The highest BCUT2D eigenvalue weighted by molar-refractivity contribution is 5.96. The number of anilines is 1. The summed E-state index contributed by atoms with van der Waals surface area (Å²) < 4.78 is 16.3. The van der Waals surface area contributed by atoms with Crippen LogP contribution in [0.3, 0.4) is 0 Å². The maximum atomic E-state index is 13.0. The lowest BCUT2D eigenvalue weighted by molar-refractivity contribution is 0.0976. The fourth-order valence-corrected chi connectivity index (χ4v) is 3.31. The zero-order valence-electron chi connectivity index (χ0n) is 18.3. The second-order valence-electron chi connectivity index (χ2n) is 7.01. The number of rotatable bonds is 11. The van der Waals surface area contributed by atoms with E-state index in [2.05, 4.69) is 5.32 Å². The molecule has 5 nitrogen and oxygen atoms in total. The minimum absolute atomic E-state index is 0.0555. The molecule has 162 valence electrons. The Bertz CT molecular complexity index is 950. The molecule has 0 bridgehead atoms. The quantitative estimate of drug-likeness (QED) is 0.391. The third kappa shape index (κ3) is 6.25. The molecule has 3 aromatic rings. The summed E-state index contributed by atoms with van der Waals surface area (Å²) >= 11 is 0. The van der Waals surface area contributed by atoms with Gasteiger partial charge in [-0.15, -0.1) is 0 Å². The van der Waals surface area contributed by atoms with Crippen molar-refractivity contribution in [2.24, 2.45) is 0 Å². The number of ether oxygens (including phenoxy) is 3. The molecule has 1 N–H and O–H groups in total. The highest BCUT2D eigenvalue weighted by Crippen LogP contribution is 2.28. The van der Waals surface area contributed by atoms with Crippen LogP contribution in [0.25, 0.3) is 0 Å². The lowest BCUT2D eigenvalue weighted by Crippen LogP contribution is -2.16. The molecule has 0 aliphatic heterocycles. The minimum atomic E-state index is -0.191. The van der Waals surface area contributed by atoms with Crippen molar-refractivity contribution in [2.75, 3.05) is 25.6 Å². The third-order valence-corrected chi connectivity index (χ3v) is 4.90. The number of benzene rings is 3. The van der Waals surface area contributed by atoms with E-state index in [4.69, 9.17) is 14.2 Å². The molecule has 0 heterocycles. The minimum Gasteiger partial charge on any atom is -0.497 e. The van der Waals surface area contributed by atoms with Gasteiger partial charge in [0.25, 0.3) is 0 Å². The summed E-state index contributed by atoms with van der Waals surface area (Å²) in [6, 6.07) is 22.7. The Morgan fingerprint density at radius 1 is 0.774 bits per heavy atom. The zero-order valence-corrected chi connectivity index (χ0v) is 18.3. The van der Waals surface area contributed by atoms with Gasteiger partial charge in [-0.1, -0.05) is 12.1 Å². The fraction of sp³-hybridized carbons (Fsp3) is 0.269. The number of carbonyl (C=O) groups is 1. The molecular formula is C26H29NO4. The molecule has 0 aliphatic rings. The number of ketones is 1. The van der Waals surface area contributed by atoms with Gasteiger partial charge in [-0.2, -0.15) is 0 Å². The van der Waals surface area contributed by atoms with E-state index in [1.165, 1.54) is 0 Å². The number of hydrogen-bond acceptors (Lipinski definition) is 5. The molecule has 3 aromatic carbocycles. The van der Waals surface area contributed by atoms with E-state index in [-0.39, 0.29) is 11.8 Å². The largest absolute Gasteiger partial charge is 0.497 e. The predicted octanol–water partition coefficient (Wildman–Crippen LogP) is 5.92. The van der Waals surface area contributed by atoms with Crippen LogP contribution < -0.4 is 19.5 Å². The topological polar surface area (TPSA) is 56.8 Å². The number of methoxy groups -OCH3 is 1. The van der Waals surface area contributed by atoms with Crippen LogP contribution in [0.4, 0.5) is 5.69 Å². The molecule has 5 heteroatoms. The second kappa shape index (κ2) is 11.1. The van der Waals surface area contributed by atoms with Crippen LogP contribution in [0, 0.1) is 0 Å². The normalized spacial score (nSPS) is 11.5. The summed E-state index contributed by atoms with van der Waals surface area (Å²) in [6.45, 7) is 5.15. The van der Waals surface area contributed by atoms with Crippen LogP contribution in [0.15, 0.2) is 72.8 Å². The van der Waals surface area contributed by atoms with Crippen LogP contribution in [-0.2, 0) is 0 Å². The lowest BCUT2D eigenvalue weighted by atomic mass is 9.97. The molecule has 0 aliphatic carbocycles. The first-order chi connectivity index (χ1) is 15.1. The number of carbonyl (C=O) groups excluding carboxylic acids is 1. The Morgan fingerprint density at radius 3 is 1.81 bits per heavy atom. The first-order valence-electron chi connectivity index (χ1n) is 10.5. The Labute approximate surface area is 184 Å². The molecule has 0 radical (unpaired) electrons. The van der Waals surface area contributed by atoms with Crippen LogP contribution in [0.2, 0.25) is 0 Å². The average Bonchev–Trinajstić information content (AvgIpc) is 2.81. The Hall–Kier alpha value is -3.47. The van der Waals surface area contributed by atoms with E-state index in [9.17, 15) is 4.79 Å². The molecule has 1 unspecified atom stereocenters. The van der Waals surface area contributed by atoms with Crippen molar-refractivity contribution in [2.45, 2.75) is 26.3 Å². The smallest absolute Gasteiger partial charge is 0.165 e. The van der Waals surface area contributed by atoms with Gasteiger partial charge in [0.1, 0.15) is 17.2 Å².